The van der Waals surface area contributed by atoms with Gasteiger partial charge in [-0.3, -0.25) is 9.52 Å². The summed E-state index contributed by atoms with van der Waals surface area (Å²) < 4.78 is 41.1. The molecule has 1 fully saturated rings. The Morgan fingerprint density at radius 1 is 1.26 bits per heavy atom. The van der Waals surface area contributed by atoms with Crippen molar-refractivity contribution in [3.8, 4) is 0 Å². The predicted molar refractivity (Wildman–Crippen MR) is 102 cm³/mol. The molecule has 0 bridgehead atoms. The molecular weight excluding hydrogens is 369 g/mol. The van der Waals surface area contributed by atoms with Gasteiger partial charge in [-0.2, -0.15) is 0 Å². The van der Waals surface area contributed by atoms with Gasteiger partial charge in [-0.25, -0.2) is 12.8 Å². The molecule has 0 aromatic heterocycles. The van der Waals surface area contributed by atoms with Gasteiger partial charge in [-0.05, 0) is 62.2 Å². The number of sulfonamides is 1. The van der Waals surface area contributed by atoms with Gasteiger partial charge >= 0.3 is 0 Å². The van der Waals surface area contributed by atoms with Gasteiger partial charge in [0.05, 0.1) is 16.1 Å². The van der Waals surface area contributed by atoms with E-state index >= 15 is 0 Å². The minimum Gasteiger partial charge on any atom is -0.350 e. The van der Waals surface area contributed by atoms with Crippen LogP contribution in [0.4, 0.5) is 10.1 Å². The number of amides is 1. The summed E-state index contributed by atoms with van der Waals surface area (Å²) in [5, 5.41) is 6.13. The lowest BCUT2D eigenvalue weighted by molar-refractivity contribution is 0.0951. The number of anilines is 1. The molecule has 1 aliphatic rings. The number of para-hydroxylation sites is 1. The van der Waals surface area contributed by atoms with E-state index in [4.69, 9.17) is 0 Å². The van der Waals surface area contributed by atoms with E-state index in [-0.39, 0.29) is 33.7 Å². The van der Waals surface area contributed by atoms with Crippen LogP contribution in [0.2, 0.25) is 0 Å². The summed E-state index contributed by atoms with van der Waals surface area (Å²) in [6.07, 6.45) is 2.08. The number of nitrogens with one attached hydrogen (secondary N) is 3. The maximum atomic E-state index is 13.3. The standard InChI is InChI=1S/C19H22FN3O3S/c1-13-11-14(20)8-9-18(13)27(25,26)23-17-7-3-2-6-16(17)19(24)22-12-15-5-4-10-21-15/h2-3,6-9,11,15,21,23H,4-5,10,12H2,1H3,(H,22,24). The third-order valence-corrected chi connectivity index (χ3v) is 6.04. The van der Waals surface area contributed by atoms with Crippen molar-refractivity contribution in [1.29, 1.82) is 0 Å². The van der Waals surface area contributed by atoms with E-state index in [1.165, 1.54) is 19.1 Å². The Labute approximate surface area is 158 Å². The zero-order valence-electron chi connectivity index (χ0n) is 15.0. The average Bonchev–Trinajstić information content (AvgIpc) is 3.13. The third kappa shape index (κ3) is 4.64. The first-order valence-electron chi connectivity index (χ1n) is 8.76. The molecule has 1 unspecified atom stereocenters. The summed E-state index contributed by atoms with van der Waals surface area (Å²) in [5.41, 5.74) is 0.702. The molecule has 2 aromatic carbocycles. The van der Waals surface area contributed by atoms with Crippen LogP contribution in [-0.2, 0) is 10.0 Å². The van der Waals surface area contributed by atoms with Gasteiger partial charge in [-0.1, -0.05) is 12.1 Å². The Balaban J connectivity index is 1.79. The molecule has 1 saturated heterocycles. The quantitative estimate of drug-likeness (QED) is 0.706. The summed E-state index contributed by atoms with van der Waals surface area (Å²) in [7, 11) is -3.96. The molecule has 3 rings (SSSR count). The molecule has 27 heavy (non-hydrogen) atoms. The van der Waals surface area contributed by atoms with Gasteiger partial charge in [0.1, 0.15) is 5.82 Å². The highest BCUT2D eigenvalue weighted by atomic mass is 32.2. The van der Waals surface area contributed by atoms with E-state index in [1.807, 2.05) is 0 Å². The van der Waals surface area contributed by atoms with E-state index < -0.39 is 15.8 Å². The summed E-state index contributed by atoms with van der Waals surface area (Å²) in [4.78, 5) is 12.5. The zero-order chi connectivity index (χ0) is 19.4. The van der Waals surface area contributed by atoms with E-state index in [0.29, 0.717) is 6.54 Å². The lowest BCUT2D eigenvalue weighted by Gasteiger charge is -2.15. The van der Waals surface area contributed by atoms with Gasteiger partial charge in [0.2, 0.25) is 0 Å². The molecule has 144 valence electrons. The molecule has 3 N–H and O–H groups in total. The number of aryl methyl sites for hydroxylation is 1. The first-order chi connectivity index (χ1) is 12.9. The first kappa shape index (κ1) is 19.3. The van der Waals surface area contributed by atoms with Crippen LogP contribution in [-0.4, -0.2) is 33.5 Å². The smallest absolute Gasteiger partial charge is 0.262 e. The number of hydrogen-bond acceptors (Lipinski definition) is 4. The van der Waals surface area contributed by atoms with Crippen LogP contribution in [0.25, 0.3) is 0 Å². The fourth-order valence-electron chi connectivity index (χ4n) is 3.13. The molecule has 6 nitrogen and oxygen atoms in total. The van der Waals surface area contributed by atoms with Crippen LogP contribution < -0.4 is 15.4 Å². The molecule has 1 amide bonds. The second-order valence-electron chi connectivity index (χ2n) is 6.56. The number of carbonyl (C=O) groups is 1. The SMILES string of the molecule is Cc1cc(F)ccc1S(=O)(=O)Nc1ccccc1C(=O)NCC1CCCN1. The fraction of sp³-hybridized carbons (Fsp3) is 0.316. The summed E-state index contributed by atoms with van der Waals surface area (Å²) in [6, 6.07) is 10.1. The Morgan fingerprint density at radius 3 is 2.74 bits per heavy atom. The van der Waals surface area contributed by atoms with Crippen molar-refractivity contribution in [2.45, 2.75) is 30.7 Å². The first-order valence-corrected chi connectivity index (χ1v) is 10.2. The molecule has 0 radical (unpaired) electrons. The lowest BCUT2D eigenvalue weighted by atomic mass is 10.1. The van der Waals surface area contributed by atoms with E-state index in [9.17, 15) is 17.6 Å². The van der Waals surface area contributed by atoms with Crippen molar-refractivity contribution in [1.82, 2.24) is 10.6 Å². The van der Waals surface area contributed by atoms with Crippen molar-refractivity contribution in [3.63, 3.8) is 0 Å². The van der Waals surface area contributed by atoms with Crippen molar-refractivity contribution in [2.75, 3.05) is 17.8 Å². The lowest BCUT2D eigenvalue weighted by Crippen LogP contribution is -2.37. The Bertz CT molecular complexity index is 941. The monoisotopic (exact) mass is 391 g/mol. The highest BCUT2D eigenvalue weighted by Gasteiger charge is 2.21. The Kier molecular flexibility index (Phi) is 5.76. The maximum Gasteiger partial charge on any atom is 0.262 e. The largest absolute Gasteiger partial charge is 0.350 e. The second-order valence-corrected chi connectivity index (χ2v) is 8.22. The predicted octanol–water partition coefficient (Wildman–Crippen LogP) is 2.42. The fourth-order valence-corrected chi connectivity index (χ4v) is 4.43. The molecule has 1 atom stereocenters. The minimum absolute atomic E-state index is 0.0331. The van der Waals surface area contributed by atoms with Gasteiger partial charge in [-0.15, -0.1) is 0 Å². The molecular formula is C19H22FN3O3S. The van der Waals surface area contributed by atoms with Gasteiger partial charge in [0.25, 0.3) is 15.9 Å². The number of halogens is 1. The van der Waals surface area contributed by atoms with Crippen molar-refractivity contribution >= 4 is 21.6 Å². The molecule has 1 aliphatic heterocycles. The van der Waals surface area contributed by atoms with Crippen LogP contribution >= 0.6 is 0 Å². The summed E-state index contributed by atoms with van der Waals surface area (Å²) >= 11 is 0. The Hall–Kier alpha value is -2.45. The number of hydrogen-bond donors (Lipinski definition) is 3. The van der Waals surface area contributed by atoms with Crippen molar-refractivity contribution in [3.05, 3.63) is 59.4 Å². The van der Waals surface area contributed by atoms with Crippen LogP contribution in [0.15, 0.2) is 47.4 Å². The van der Waals surface area contributed by atoms with Gasteiger partial charge < -0.3 is 10.6 Å². The molecule has 1 heterocycles. The van der Waals surface area contributed by atoms with Crippen molar-refractivity contribution < 1.29 is 17.6 Å². The normalized spacial score (nSPS) is 16.9. The highest BCUT2D eigenvalue weighted by molar-refractivity contribution is 7.92. The summed E-state index contributed by atoms with van der Waals surface area (Å²) in [5.74, 6) is -0.857. The molecule has 0 saturated carbocycles. The van der Waals surface area contributed by atoms with E-state index in [0.717, 1.165) is 31.5 Å². The zero-order valence-corrected chi connectivity index (χ0v) is 15.8. The topological polar surface area (TPSA) is 87.3 Å². The van der Waals surface area contributed by atoms with Crippen LogP contribution in [0.5, 0.6) is 0 Å². The van der Waals surface area contributed by atoms with Crippen molar-refractivity contribution in [2.24, 2.45) is 0 Å². The van der Waals surface area contributed by atoms with Crippen LogP contribution in [0.3, 0.4) is 0 Å². The van der Waals surface area contributed by atoms with Crippen LogP contribution in [0.1, 0.15) is 28.8 Å². The molecule has 2 aromatic rings. The molecule has 0 spiro atoms. The minimum atomic E-state index is -3.96. The molecule has 8 heteroatoms. The van der Waals surface area contributed by atoms with E-state index in [1.54, 1.807) is 18.2 Å². The maximum absolute atomic E-state index is 13.3. The Morgan fingerprint density at radius 2 is 2.04 bits per heavy atom. The van der Waals surface area contributed by atoms with Crippen LogP contribution in [0, 0.1) is 12.7 Å². The average molecular weight is 391 g/mol. The highest BCUT2D eigenvalue weighted by Crippen LogP contribution is 2.22. The molecule has 0 aliphatic carbocycles. The van der Waals surface area contributed by atoms with E-state index in [2.05, 4.69) is 15.4 Å². The van der Waals surface area contributed by atoms with Gasteiger partial charge in [0, 0.05) is 12.6 Å². The second kappa shape index (κ2) is 8.06. The summed E-state index contributed by atoms with van der Waals surface area (Å²) in [6.45, 7) is 2.94. The number of carbonyl (C=O) groups excluding carboxylic acids is 1. The number of rotatable bonds is 6. The van der Waals surface area contributed by atoms with Gasteiger partial charge in [0.15, 0.2) is 0 Å². The number of benzene rings is 2. The third-order valence-electron chi connectivity index (χ3n) is 4.51.